The molecule has 0 aliphatic rings. The predicted octanol–water partition coefficient (Wildman–Crippen LogP) is 2.92. The monoisotopic (exact) mass is 150 g/mol. The van der Waals surface area contributed by atoms with E-state index >= 15 is 0 Å². The fourth-order valence-corrected chi connectivity index (χ4v) is 0.494. The van der Waals surface area contributed by atoms with Crippen molar-refractivity contribution in [3.63, 3.8) is 0 Å². The van der Waals surface area contributed by atoms with E-state index in [1.54, 1.807) is 6.08 Å². The minimum atomic E-state index is -0.818. The van der Waals surface area contributed by atoms with Gasteiger partial charge in [0.05, 0.1) is 0 Å². The van der Waals surface area contributed by atoms with Gasteiger partial charge < -0.3 is 0 Å². The van der Waals surface area contributed by atoms with E-state index in [2.05, 4.69) is 13.2 Å². The Kier molecular flexibility index (Phi) is 3.18. The first-order chi connectivity index (χ1) is 3.62. The maximum atomic E-state index is 5.60. The summed E-state index contributed by atoms with van der Waals surface area (Å²) >= 11 is 11.2. The van der Waals surface area contributed by atoms with E-state index < -0.39 is 4.33 Å². The summed E-state index contributed by atoms with van der Waals surface area (Å²) in [5, 5.41) is 0. The van der Waals surface area contributed by atoms with Crippen LogP contribution >= 0.6 is 23.2 Å². The molecular weight excluding hydrogens is 143 g/mol. The van der Waals surface area contributed by atoms with Gasteiger partial charge in [0.25, 0.3) is 0 Å². The number of alkyl halides is 2. The lowest BCUT2D eigenvalue weighted by Gasteiger charge is -2.09. The van der Waals surface area contributed by atoms with E-state index in [9.17, 15) is 0 Å². The van der Waals surface area contributed by atoms with Crippen molar-refractivity contribution < 1.29 is 0 Å². The third-order valence-electron chi connectivity index (χ3n) is 0.715. The van der Waals surface area contributed by atoms with Gasteiger partial charge in [0, 0.05) is 6.42 Å². The maximum absolute atomic E-state index is 5.60. The maximum Gasteiger partial charge on any atom is 0.139 e. The second kappa shape index (κ2) is 3.16. The van der Waals surface area contributed by atoms with Gasteiger partial charge in [-0.25, -0.2) is 0 Å². The van der Waals surface area contributed by atoms with Gasteiger partial charge in [-0.2, -0.15) is 0 Å². The second-order valence-corrected chi connectivity index (χ2v) is 3.00. The van der Waals surface area contributed by atoms with Crippen molar-refractivity contribution in [3.8, 4) is 0 Å². The predicted molar refractivity (Wildman–Crippen MR) is 39.4 cm³/mol. The van der Waals surface area contributed by atoms with Crippen LogP contribution in [-0.4, -0.2) is 4.33 Å². The molecule has 0 saturated carbocycles. The molecule has 0 nitrogen and oxygen atoms in total. The molecular formula is C6H8Cl2. The van der Waals surface area contributed by atoms with Crippen LogP contribution in [-0.2, 0) is 0 Å². The highest BCUT2D eigenvalue weighted by molar-refractivity contribution is 6.49. The van der Waals surface area contributed by atoms with Gasteiger partial charge in [-0.15, -0.1) is 13.2 Å². The molecule has 0 aromatic carbocycles. The molecule has 0 aliphatic heterocycles. The normalized spacial score (nSPS) is 10.8. The molecule has 0 amide bonds. The van der Waals surface area contributed by atoms with E-state index in [0.29, 0.717) is 6.42 Å². The van der Waals surface area contributed by atoms with E-state index in [1.807, 2.05) is 0 Å². The van der Waals surface area contributed by atoms with Crippen LogP contribution in [0.25, 0.3) is 0 Å². The van der Waals surface area contributed by atoms with Gasteiger partial charge in [0.15, 0.2) is 0 Å². The first kappa shape index (κ1) is 8.06. The van der Waals surface area contributed by atoms with E-state index in [0.717, 1.165) is 0 Å². The zero-order valence-corrected chi connectivity index (χ0v) is 6.04. The molecule has 0 heterocycles. The SMILES string of the molecule is C=CCC(Cl)(Cl)C=C. The smallest absolute Gasteiger partial charge is 0.103 e. The molecule has 8 heavy (non-hydrogen) atoms. The topological polar surface area (TPSA) is 0 Å². The molecule has 46 valence electrons. The van der Waals surface area contributed by atoms with Crippen molar-refractivity contribution >= 4 is 23.2 Å². The fraction of sp³-hybridized carbons (Fsp3) is 0.333. The van der Waals surface area contributed by atoms with Crippen LogP contribution in [0.1, 0.15) is 6.42 Å². The first-order valence-corrected chi connectivity index (χ1v) is 3.00. The standard InChI is InChI=1S/C6H8Cl2/c1-3-5-6(7,8)4-2/h3-4H,1-2,5H2. The van der Waals surface area contributed by atoms with Gasteiger partial charge in [-0.05, 0) is 0 Å². The van der Waals surface area contributed by atoms with E-state index in [1.165, 1.54) is 6.08 Å². The Labute approximate surface area is 59.8 Å². The molecule has 0 N–H and O–H groups in total. The lowest BCUT2D eigenvalue weighted by atomic mass is 10.3. The second-order valence-electron chi connectivity index (χ2n) is 1.46. The van der Waals surface area contributed by atoms with Gasteiger partial charge in [-0.3, -0.25) is 0 Å². The molecule has 0 radical (unpaired) electrons. The molecule has 0 aromatic rings. The quantitative estimate of drug-likeness (QED) is 0.429. The van der Waals surface area contributed by atoms with Gasteiger partial charge in [-0.1, -0.05) is 35.4 Å². The Morgan fingerprint density at radius 3 is 2.00 bits per heavy atom. The Morgan fingerprint density at radius 1 is 1.38 bits per heavy atom. The molecule has 2 heteroatoms. The minimum absolute atomic E-state index is 0.541. The molecule has 0 rings (SSSR count). The van der Waals surface area contributed by atoms with Crippen molar-refractivity contribution in [1.29, 1.82) is 0 Å². The number of hydrogen-bond acceptors (Lipinski definition) is 0. The Morgan fingerprint density at radius 2 is 1.88 bits per heavy atom. The van der Waals surface area contributed by atoms with Crippen LogP contribution in [0.5, 0.6) is 0 Å². The minimum Gasteiger partial charge on any atom is -0.103 e. The van der Waals surface area contributed by atoms with Crippen molar-refractivity contribution in [3.05, 3.63) is 25.3 Å². The Hall–Kier alpha value is 0.0600. The number of hydrogen-bond donors (Lipinski definition) is 0. The van der Waals surface area contributed by atoms with E-state index in [4.69, 9.17) is 23.2 Å². The fourth-order valence-electron chi connectivity index (χ4n) is 0.276. The molecule has 0 fully saturated rings. The summed E-state index contributed by atoms with van der Waals surface area (Å²) in [5.41, 5.74) is 0. The molecule has 0 aliphatic carbocycles. The summed E-state index contributed by atoms with van der Waals surface area (Å²) in [5.74, 6) is 0. The van der Waals surface area contributed by atoms with Crippen LogP contribution in [0.2, 0.25) is 0 Å². The summed E-state index contributed by atoms with van der Waals surface area (Å²) in [7, 11) is 0. The molecule has 0 spiro atoms. The third-order valence-corrected chi connectivity index (χ3v) is 1.33. The zero-order valence-electron chi connectivity index (χ0n) is 4.53. The van der Waals surface area contributed by atoms with Crippen molar-refractivity contribution in [2.45, 2.75) is 10.8 Å². The highest BCUT2D eigenvalue weighted by Crippen LogP contribution is 2.25. The largest absolute Gasteiger partial charge is 0.139 e. The Balaban J connectivity index is 3.70. The lowest BCUT2D eigenvalue weighted by molar-refractivity contribution is 0.981. The molecule has 0 aromatic heterocycles. The zero-order chi connectivity index (χ0) is 6.62. The molecule has 0 unspecified atom stereocenters. The van der Waals surface area contributed by atoms with Gasteiger partial charge in [0.2, 0.25) is 0 Å². The Bertz CT molecular complexity index is 94.7. The average molecular weight is 151 g/mol. The van der Waals surface area contributed by atoms with Crippen LogP contribution in [0.3, 0.4) is 0 Å². The van der Waals surface area contributed by atoms with Crippen LogP contribution in [0.15, 0.2) is 25.3 Å². The highest BCUT2D eigenvalue weighted by Gasteiger charge is 2.15. The van der Waals surface area contributed by atoms with Crippen LogP contribution in [0, 0.1) is 0 Å². The number of rotatable bonds is 3. The molecule has 0 bridgehead atoms. The summed E-state index contributed by atoms with van der Waals surface area (Å²) in [6.07, 6.45) is 3.68. The van der Waals surface area contributed by atoms with Crippen molar-refractivity contribution in [1.82, 2.24) is 0 Å². The summed E-state index contributed by atoms with van der Waals surface area (Å²) < 4.78 is -0.818. The van der Waals surface area contributed by atoms with Gasteiger partial charge in [0.1, 0.15) is 4.33 Å². The first-order valence-electron chi connectivity index (χ1n) is 2.24. The molecule has 0 atom stereocenters. The van der Waals surface area contributed by atoms with Crippen LogP contribution < -0.4 is 0 Å². The third kappa shape index (κ3) is 3.11. The number of allylic oxidation sites excluding steroid dienone is 2. The van der Waals surface area contributed by atoms with Gasteiger partial charge >= 0.3 is 0 Å². The highest BCUT2D eigenvalue weighted by atomic mass is 35.5. The summed E-state index contributed by atoms with van der Waals surface area (Å²) in [4.78, 5) is 0. The summed E-state index contributed by atoms with van der Waals surface area (Å²) in [6, 6.07) is 0. The molecule has 0 saturated heterocycles. The summed E-state index contributed by atoms with van der Waals surface area (Å²) in [6.45, 7) is 6.92. The van der Waals surface area contributed by atoms with E-state index in [-0.39, 0.29) is 0 Å². The average Bonchev–Trinajstić information content (AvgIpc) is 1.67. The number of halogens is 2. The van der Waals surface area contributed by atoms with Crippen molar-refractivity contribution in [2.75, 3.05) is 0 Å². The lowest BCUT2D eigenvalue weighted by Crippen LogP contribution is -2.04. The van der Waals surface area contributed by atoms with Crippen LogP contribution in [0.4, 0.5) is 0 Å². The van der Waals surface area contributed by atoms with Crippen molar-refractivity contribution in [2.24, 2.45) is 0 Å².